The minimum absolute atomic E-state index is 0.1000. The van der Waals surface area contributed by atoms with Gasteiger partial charge in [0.05, 0.1) is 0 Å². The van der Waals surface area contributed by atoms with E-state index < -0.39 is 10.8 Å². The predicted octanol–water partition coefficient (Wildman–Crippen LogP) is 2.09. The largest absolute Gasteiger partial charge is 0.355 e. The molecule has 0 aliphatic heterocycles. The van der Waals surface area contributed by atoms with E-state index in [0.717, 1.165) is 12.8 Å². The second-order valence-electron chi connectivity index (χ2n) is 4.76. The number of carbonyl (C=O) groups is 1. The first-order valence-corrected chi connectivity index (χ1v) is 7.73. The quantitative estimate of drug-likeness (QED) is 0.714. The Kier molecular flexibility index (Phi) is 7.64. The lowest BCUT2D eigenvalue weighted by Crippen LogP contribution is -2.37. The van der Waals surface area contributed by atoms with Crippen molar-refractivity contribution in [1.82, 2.24) is 5.32 Å². The molecule has 0 aromatic carbocycles. The molecule has 16 heavy (non-hydrogen) atoms. The zero-order valence-corrected chi connectivity index (χ0v) is 11.8. The van der Waals surface area contributed by atoms with E-state index in [2.05, 4.69) is 26.1 Å². The Balaban J connectivity index is 4.02. The van der Waals surface area contributed by atoms with Gasteiger partial charge in [0.25, 0.3) is 0 Å². The van der Waals surface area contributed by atoms with E-state index in [0.29, 0.717) is 6.54 Å². The monoisotopic (exact) mass is 247 g/mol. The molecule has 0 saturated heterocycles. The van der Waals surface area contributed by atoms with Gasteiger partial charge in [-0.3, -0.25) is 9.00 Å². The molecular weight excluding hydrogens is 222 g/mol. The summed E-state index contributed by atoms with van der Waals surface area (Å²) in [4.78, 5) is 11.4. The molecule has 3 nitrogen and oxygen atoms in total. The molecule has 1 N–H and O–H groups in total. The van der Waals surface area contributed by atoms with Gasteiger partial charge in [0.1, 0.15) is 5.75 Å². The van der Waals surface area contributed by atoms with Crippen LogP contribution in [0.3, 0.4) is 0 Å². The molecule has 0 saturated carbocycles. The Hall–Kier alpha value is -0.380. The fourth-order valence-corrected chi connectivity index (χ4v) is 2.01. The topological polar surface area (TPSA) is 46.2 Å². The molecular formula is C12H25NO2S. The molecule has 0 aliphatic carbocycles. The van der Waals surface area contributed by atoms with Crippen LogP contribution in [0.5, 0.6) is 0 Å². The third kappa shape index (κ3) is 6.99. The highest BCUT2D eigenvalue weighted by atomic mass is 32.2. The summed E-state index contributed by atoms with van der Waals surface area (Å²) in [5.41, 5.74) is 0.181. The van der Waals surface area contributed by atoms with Crippen LogP contribution < -0.4 is 5.32 Å². The highest BCUT2D eigenvalue weighted by molar-refractivity contribution is 7.85. The van der Waals surface area contributed by atoms with Crippen LogP contribution in [0.2, 0.25) is 0 Å². The van der Waals surface area contributed by atoms with Crippen molar-refractivity contribution in [2.75, 3.05) is 18.6 Å². The summed E-state index contributed by atoms with van der Waals surface area (Å²) in [6.07, 6.45) is 6.12. The third-order valence-electron chi connectivity index (χ3n) is 3.03. The van der Waals surface area contributed by atoms with Crippen molar-refractivity contribution in [2.45, 2.75) is 46.5 Å². The van der Waals surface area contributed by atoms with Crippen molar-refractivity contribution in [3.8, 4) is 0 Å². The average Bonchev–Trinajstić information content (AvgIpc) is 2.23. The van der Waals surface area contributed by atoms with E-state index in [-0.39, 0.29) is 17.1 Å². The van der Waals surface area contributed by atoms with Crippen LogP contribution in [0.4, 0.5) is 0 Å². The number of rotatable bonds is 8. The van der Waals surface area contributed by atoms with Crippen molar-refractivity contribution in [3.63, 3.8) is 0 Å². The summed E-state index contributed by atoms with van der Waals surface area (Å²) < 4.78 is 10.9. The van der Waals surface area contributed by atoms with Gasteiger partial charge in [-0.2, -0.15) is 0 Å². The van der Waals surface area contributed by atoms with Crippen LogP contribution in [0, 0.1) is 5.41 Å². The maximum Gasteiger partial charge on any atom is 0.232 e. The molecule has 4 heteroatoms. The van der Waals surface area contributed by atoms with Crippen molar-refractivity contribution in [1.29, 1.82) is 0 Å². The Morgan fingerprint density at radius 2 is 2.00 bits per heavy atom. The van der Waals surface area contributed by atoms with Crippen LogP contribution in [0.25, 0.3) is 0 Å². The summed E-state index contributed by atoms with van der Waals surface area (Å²) in [6.45, 7) is 7.22. The standard InChI is InChI=1S/C12H25NO2S/c1-5-7-8-12(3,6-2)10-13-11(14)9-16(4)15/h5-10H2,1-4H3,(H,13,14). The van der Waals surface area contributed by atoms with Gasteiger partial charge in [-0.1, -0.05) is 33.6 Å². The number of nitrogens with one attached hydrogen (secondary N) is 1. The van der Waals surface area contributed by atoms with Crippen molar-refractivity contribution in [2.24, 2.45) is 5.41 Å². The maximum absolute atomic E-state index is 11.4. The lowest BCUT2D eigenvalue weighted by Gasteiger charge is -2.28. The van der Waals surface area contributed by atoms with Crippen LogP contribution in [0.15, 0.2) is 0 Å². The van der Waals surface area contributed by atoms with Crippen molar-refractivity contribution in [3.05, 3.63) is 0 Å². The average molecular weight is 247 g/mol. The second-order valence-corrected chi connectivity index (χ2v) is 6.20. The van der Waals surface area contributed by atoms with E-state index in [1.807, 2.05) is 0 Å². The summed E-state index contributed by atoms with van der Waals surface area (Å²) in [7, 11) is -1.04. The van der Waals surface area contributed by atoms with Gasteiger partial charge in [-0.25, -0.2) is 0 Å². The molecule has 0 aliphatic rings. The fourth-order valence-electron chi connectivity index (χ4n) is 1.54. The van der Waals surface area contributed by atoms with Crippen LogP contribution >= 0.6 is 0 Å². The van der Waals surface area contributed by atoms with Crippen LogP contribution in [-0.4, -0.2) is 28.7 Å². The number of hydrogen-bond donors (Lipinski definition) is 1. The van der Waals surface area contributed by atoms with Gasteiger partial charge in [0.15, 0.2) is 0 Å². The molecule has 0 heterocycles. The van der Waals surface area contributed by atoms with E-state index in [9.17, 15) is 9.00 Å². The zero-order chi connectivity index (χ0) is 12.6. The minimum Gasteiger partial charge on any atom is -0.355 e. The van der Waals surface area contributed by atoms with Crippen molar-refractivity contribution < 1.29 is 9.00 Å². The first-order valence-electron chi connectivity index (χ1n) is 6.00. The Morgan fingerprint density at radius 1 is 1.38 bits per heavy atom. The van der Waals surface area contributed by atoms with Crippen molar-refractivity contribution >= 4 is 16.7 Å². The zero-order valence-electron chi connectivity index (χ0n) is 11.0. The van der Waals surface area contributed by atoms with E-state index in [4.69, 9.17) is 0 Å². The van der Waals surface area contributed by atoms with E-state index in [1.165, 1.54) is 12.8 Å². The Morgan fingerprint density at radius 3 is 2.44 bits per heavy atom. The smallest absolute Gasteiger partial charge is 0.232 e. The SMILES string of the molecule is CCCCC(C)(CC)CNC(=O)CS(C)=O. The summed E-state index contributed by atoms with van der Waals surface area (Å²) in [6, 6.07) is 0. The molecule has 2 atom stereocenters. The molecule has 0 radical (unpaired) electrons. The minimum atomic E-state index is -1.04. The highest BCUT2D eigenvalue weighted by Crippen LogP contribution is 2.26. The molecule has 0 fully saturated rings. The number of hydrogen-bond acceptors (Lipinski definition) is 2. The Labute approximate surface area is 102 Å². The van der Waals surface area contributed by atoms with E-state index in [1.54, 1.807) is 6.26 Å². The second kappa shape index (κ2) is 7.82. The summed E-state index contributed by atoms with van der Waals surface area (Å²) in [5.74, 6) is 0.0186. The van der Waals surface area contributed by atoms with Gasteiger partial charge in [-0.15, -0.1) is 0 Å². The number of unbranched alkanes of at least 4 members (excludes halogenated alkanes) is 1. The number of amides is 1. The van der Waals surface area contributed by atoms with E-state index >= 15 is 0 Å². The van der Waals surface area contributed by atoms with Gasteiger partial charge < -0.3 is 5.32 Å². The Bertz CT molecular complexity index is 243. The summed E-state index contributed by atoms with van der Waals surface area (Å²) in [5, 5.41) is 2.88. The van der Waals surface area contributed by atoms with Gasteiger partial charge in [0, 0.05) is 23.6 Å². The predicted molar refractivity (Wildman–Crippen MR) is 69.9 cm³/mol. The van der Waals surface area contributed by atoms with Gasteiger partial charge in [0.2, 0.25) is 5.91 Å². The number of carbonyl (C=O) groups excluding carboxylic acids is 1. The molecule has 96 valence electrons. The first kappa shape index (κ1) is 15.6. The molecule has 1 amide bonds. The maximum atomic E-state index is 11.4. The van der Waals surface area contributed by atoms with Crippen LogP contribution in [-0.2, 0) is 15.6 Å². The molecule has 0 bridgehead atoms. The normalized spacial score (nSPS) is 16.5. The molecule has 2 unspecified atom stereocenters. The van der Waals surface area contributed by atoms with Gasteiger partial charge in [-0.05, 0) is 18.3 Å². The molecule has 0 spiro atoms. The highest BCUT2D eigenvalue weighted by Gasteiger charge is 2.22. The van der Waals surface area contributed by atoms with Gasteiger partial charge >= 0.3 is 0 Å². The molecule has 0 aromatic heterocycles. The lowest BCUT2D eigenvalue weighted by atomic mass is 9.82. The molecule has 0 rings (SSSR count). The molecule has 0 aromatic rings. The third-order valence-corrected chi connectivity index (χ3v) is 3.70. The first-order chi connectivity index (χ1) is 7.43. The summed E-state index contributed by atoms with van der Waals surface area (Å²) >= 11 is 0. The lowest BCUT2D eigenvalue weighted by molar-refractivity contribution is -0.119. The van der Waals surface area contributed by atoms with Crippen LogP contribution in [0.1, 0.15) is 46.5 Å². The fraction of sp³-hybridized carbons (Fsp3) is 0.917.